The third-order valence-corrected chi connectivity index (χ3v) is 3.75. The second-order valence-electron chi connectivity index (χ2n) is 5.38. The fourth-order valence-electron chi connectivity index (χ4n) is 2.47. The molecule has 0 saturated carbocycles. The molecule has 2 aromatic rings. The highest BCUT2D eigenvalue weighted by Gasteiger charge is 2.20. The van der Waals surface area contributed by atoms with E-state index in [0.29, 0.717) is 19.8 Å². The first-order valence-electron chi connectivity index (χ1n) is 7.53. The first-order valence-corrected chi connectivity index (χ1v) is 7.53. The van der Waals surface area contributed by atoms with Crippen molar-refractivity contribution in [3.63, 3.8) is 0 Å². The normalized spacial score (nSPS) is 14.4. The first-order chi connectivity index (χ1) is 12.0. The number of nitrogens with zero attached hydrogens (tertiary/aromatic N) is 2. The van der Waals surface area contributed by atoms with Gasteiger partial charge in [-0.25, -0.2) is 0 Å². The van der Waals surface area contributed by atoms with E-state index in [1.807, 2.05) is 24.3 Å². The molecule has 0 atom stereocenters. The molecule has 1 N–H and O–H groups in total. The van der Waals surface area contributed by atoms with Crippen LogP contribution in [0.3, 0.4) is 0 Å². The number of nitro groups is 2. The van der Waals surface area contributed by atoms with Crippen molar-refractivity contribution in [3.05, 3.63) is 73.8 Å². The molecular formula is C16H15N3O6. The van der Waals surface area contributed by atoms with Crippen molar-refractivity contribution in [2.24, 2.45) is 0 Å². The Morgan fingerprint density at radius 1 is 1.00 bits per heavy atom. The number of nitrogens with one attached hydrogen (secondary N) is 1. The summed E-state index contributed by atoms with van der Waals surface area (Å²) in [5.41, 5.74) is 1.37. The molecule has 9 heteroatoms. The van der Waals surface area contributed by atoms with Gasteiger partial charge in [-0.2, -0.15) is 0 Å². The Hall–Kier alpha value is -3.04. The van der Waals surface area contributed by atoms with E-state index < -0.39 is 9.85 Å². The molecule has 1 fully saturated rings. The Balaban J connectivity index is 1.70. The Bertz CT molecular complexity index is 787. The molecule has 0 aromatic heterocycles. The lowest BCUT2D eigenvalue weighted by Gasteiger charge is -2.11. The van der Waals surface area contributed by atoms with E-state index in [9.17, 15) is 20.2 Å². The van der Waals surface area contributed by atoms with Crippen LogP contribution in [-0.2, 0) is 16.0 Å². The quantitative estimate of drug-likeness (QED) is 0.631. The molecule has 0 amide bonds. The minimum absolute atomic E-state index is 0.224. The molecule has 25 heavy (non-hydrogen) atoms. The predicted octanol–water partition coefficient (Wildman–Crippen LogP) is 3.16. The summed E-state index contributed by atoms with van der Waals surface area (Å²) in [5, 5.41) is 24.8. The van der Waals surface area contributed by atoms with Crippen LogP contribution in [0.5, 0.6) is 0 Å². The van der Waals surface area contributed by atoms with Crippen LogP contribution in [0.15, 0.2) is 42.5 Å². The monoisotopic (exact) mass is 345 g/mol. The fourth-order valence-corrected chi connectivity index (χ4v) is 2.47. The molecule has 2 aromatic carbocycles. The highest BCUT2D eigenvalue weighted by molar-refractivity contribution is 5.65. The number of hydrogen-bond acceptors (Lipinski definition) is 7. The smallest absolute Gasteiger partial charge is 0.299 e. The summed E-state index contributed by atoms with van der Waals surface area (Å²) in [6, 6.07) is 11.0. The molecule has 1 heterocycles. The molecule has 0 aliphatic carbocycles. The van der Waals surface area contributed by atoms with Crippen molar-refractivity contribution < 1.29 is 19.3 Å². The van der Waals surface area contributed by atoms with Crippen LogP contribution in [-0.4, -0.2) is 23.1 Å². The zero-order valence-electron chi connectivity index (χ0n) is 13.1. The fraction of sp³-hybridized carbons (Fsp3) is 0.250. The Morgan fingerprint density at radius 3 is 2.28 bits per heavy atom. The third-order valence-electron chi connectivity index (χ3n) is 3.75. The van der Waals surface area contributed by atoms with Gasteiger partial charge in [0.05, 0.1) is 29.1 Å². The van der Waals surface area contributed by atoms with E-state index in [1.54, 1.807) is 0 Å². The van der Waals surface area contributed by atoms with E-state index >= 15 is 0 Å². The van der Waals surface area contributed by atoms with Crippen molar-refractivity contribution in [2.75, 3.05) is 18.5 Å². The van der Waals surface area contributed by atoms with Gasteiger partial charge in [0.1, 0.15) is 5.69 Å². The maximum Gasteiger partial charge on any atom is 0.299 e. The maximum absolute atomic E-state index is 11.1. The van der Waals surface area contributed by atoms with Gasteiger partial charge in [-0.05, 0) is 11.6 Å². The van der Waals surface area contributed by atoms with Crippen LogP contribution in [0.25, 0.3) is 0 Å². The maximum atomic E-state index is 11.1. The standard InChI is InChI=1S/C16H15N3O6/c20-18(21)13-5-6-14(15(9-13)19(22)23)17-10-11-1-3-12(4-2-11)16-24-7-8-25-16/h1-6,9,16-17H,7-8,10H2. The number of nitro benzene ring substituents is 2. The summed E-state index contributed by atoms with van der Waals surface area (Å²) in [7, 11) is 0. The van der Waals surface area contributed by atoms with Crippen LogP contribution >= 0.6 is 0 Å². The molecule has 0 bridgehead atoms. The topological polar surface area (TPSA) is 117 Å². The number of ether oxygens (including phenoxy) is 2. The number of benzene rings is 2. The number of non-ortho nitro benzene ring substituents is 1. The average Bonchev–Trinajstić information content (AvgIpc) is 3.14. The molecule has 0 spiro atoms. The molecule has 0 radical (unpaired) electrons. The Labute approximate surface area is 142 Å². The van der Waals surface area contributed by atoms with Crippen molar-refractivity contribution in [1.82, 2.24) is 0 Å². The van der Waals surface area contributed by atoms with E-state index in [1.165, 1.54) is 12.1 Å². The first kappa shape index (κ1) is 16.8. The second kappa shape index (κ2) is 7.24. The van der Waals surface area contributed by atoms with Crippen molar-refractivity contribution in [2.45, 2.75) is 12.8 Å². The molecule has 9 nitrogen and oxygen atoms in total. The van der Waals surface area contributed by atoms with Crippen LogP contribution < -0.4 is 5.32 Å². The predicted molar refractivity (Wildman–Crippen MR) is 88.2 cm³/mol. The van der Waals surface area contributed by atoms with Gasteiger partial charge >= 0.3 is 0 Å². The molecule has 0 unspecified atom stereocenters. The van der Waals surface area contributed by atoms with Gasteiger partial charge in [0.15, 0.2) is 6.29 Å². The lowest BCUT2D eigenvalue weighted by atomic mass is 10.1. The minimum atomic E-state index is -0.664. The molecule has 130 valence electrons. The summed E-state index contributed by atoms with van der Waals surface area (Å²) in [4.78, 5) is 20.6. The molecule has 1 aliphatic rings. The molecular weight excluding hydrogens is 330 g/mol. The Kier molecular flexibility index (Phi) is 4.87. The zero-order valence-corrected chi connectivity index (χ0v) is 13.1. The second-order valence-corrected chi connectivity index (χ2v) is 5.38. The van der Waals surface area contributed by atoms with Crippen LogP contribution in [0.2, 0.25) is 0 Å². The minimum Gasteiger partial charge on any atom is -0.375 e. The Morgan fingerprint density at radius 2 is 1.68 bits per heavy atom. The van der Waals surface area contributed by atoms with Gasteiger partial charge in [-0.3, -0.25) is 20.2 Å². The number of hydrogen-bond donors (Lipinski definition) is 1. The van der Waals surface area contributed by atoms with Crippen molar-refractivity contribution in [3.8, 4) is 0 Å². The van der Waals surface area contributed by atoms with Gasteiger partial charge in [0, 0.05) is 18.2 Å². The van der Waals surface area contributed by atoms with Crippen LogP contribution in [0.1, 0.15) is 17.4 Å². The molecule has 1 saturated heterocycles. The summed E-state index contributed by atoms with van der Waals surface area (Å²) >= 11 is 0. The van der Waals surface area contributed by atoms with Crippen LogP contribution in [0.4, 0.5) is 17.1 Å². The summed E-state index contributed by atoms with van der Waals surface area (Å²) < 4.78 is 10.8. The summed E-state index contributed by atoms with van der Waals surface area (Å²) in [6.07, 6.45) is -0.349. The summed E-state index contributed by atoms with van der Waals surface area (Å²) in [6.45, 7) is 1.47. The SMILES string of the molecule is O=[N+]([O-])c1ccc(NCc2ccc(C3OCCO3)cc2)c([N+](=O)[O-])c1. The lowest BCUT2D eigenvalue weighted by molar-refractivity contribution is -0.393. The van der Waals surface area contributed by atoms with E-state index in [4.69, 9.17) is 9.47 Å². The van der Waals surface area contributed by atoms with Crippen LogP contribution in [0, 0.1) is 20.2 Å². The van der Waals surface area contributed by atoms with E-state index in [2.05, 4.69) is 5.32 Å². The van der Waals surface area contributed by atoms with Crippen molar-refractivity contribution >= 4 is 17.1 Å². The van der Waals surface area contributed by atoms with Gasteiger partial charge in [-0.1, -0.05) is 24.3 Å². The third kappa shape index (κ3) is 3.90. The van der Waals surface area contributed by atoms with Gasteiger partial charge in [0.2, 0.25) is 0 Å². The van der Waals surface area contributed by atoms with Gasteiger partial charge in [0.25, 0.3) is 11.4 Å². The molecule has 3 rings (SSSR count). The number of rotatable bonds is 6. The zero-order chi connectivity index (χ0) is 17.8. The lowest BCUT2D eigenvalue weighted by Crippen LogP contribution is -2.04. The summed E-state index contributed by atoms with van der Waals surface area (Å²) in [5.74, 6) is 0. The molecule has 1 aliphatic heterocycles. The highest BCUT2D eigenvalue weighted by atomic mass is 16.7. The number of anilines is 1. The highest BCUT2D eigenvalue weighted by Crippen LogP contribution is 2.29. The van der Waals surface area contributed by atoms with Crippen molar-refractivity contribution in [1.29, 1.82) is 0 Å². The van der Waals surface area contributed by atoms with E-state index in [0.717, 1.165) is 17.2 Å². The van der Waals surface area contributed by atoms with E-state index in [-0.39, 0.29) is 23.4 Å². The largest absolute Gasteiger partial charge is 0.375 e. The van der Waals surface area contributed by atoms with Gasteiger partial charge < -0.3 is 14.8 Å². The average molecular weight is 345 g/mol. The van der Waals surface area contributed by atoms with Gasteiger partial charge in [-0.15, -0.1) is 0 Å².